The highest BCUT2D eigenvalue weighted by Gasteiger charge is 2.17. The van der Waals surface area contributed by atoms with Gasteiger partial charge >= 0.3 is 6.03 Å². The fourth-order valence-electron chi connectivity index (χ4n) is 4.67. The maximum absolute atomic E-state index is 12.8. The summed E-state index contributed by atoms with van der Waals surface area (Å²) in [4.78, 5) is 19.9. The van der Waals surface area contributed by atoms with Crippen molar-refractivity contribution in [1.82, 2.24) is 15.2 Å². The Morgan fingerprint density at radius 3 is 2.11 bits per heavy atom. The van der Waals surface area contributed by atoms with Gasteiger partial charge in [0.05, 0.1) is 12.8 Å². The van der Waals surface area contributed by atoms with Crippen molar-refractivity contribution < 1.29 is 9.53 Å². The zero-order chi connectivity index (χ0) is 32.8. The lowest BCUT2D eigenvalue weighted by Crippen LogP contribution is -2.43. The van der Waals surface area contributed by atoms with Gasteiger partial charge in [0.2, 0.25) is 0 Å². The number of urea groups is 1. The normalized spacial score (nSPS) is 10.7. The Hall–Kier alpha value is -4.30. The van der Waals surface area contributed by atoms with Gasteiger partial charge in [0, 0.05) is 37.0 Å². The number of rotatable bonds is 10. The number of amides is 2. The average molecular weight is 626 g/mol. The number of pyridine rings is 1. The topological polar surface area (TPSA) is 90.3 Å². The van der Waals surface area contributed by atoms with Crippen molar-refractivity contribution in [3.63, 3.8) is 0 Å². The number of ether oxygens (including phenoxy) is 1. The standard InChI is InChI=1S/C31H41N5O2.C6H6S/c1-7-36(30(37)34-21-23-13-17-25(18-14-23)31(2,3)4)28(32)10-8-9-22-11-15-24(16-12-22)26-19-20-27(38-6)29(33-5)35-26;7-6-4-2-1-3-5-6/h11-20,32H,7-10,21H2,1-6H3,(H,33,35)(H,34,37);1-5,7H. The maximum atomic E-state index is 12.8. The molecule has 238 valence electrons. The molecule has 45 heavy (non-hydrogen) atoms. The number of nitrogens with zero attached hydrogens (tertiary/aromatic N) is 2. The van der Waals surface area contributed by atoms with Crippen molar-refractivity contribution in [1.29, 1.82) is 5.41 Å². The van der Waals surface area contributed by atoms with Crippen molar-refractivity contribution in [2.75, 3.05) is 26.0 Å². The van der Waals surface area contributed by atoms with Gasteiger partial charge in [-0.05, 0) is 66.1 Å². The number of benzene rings is 3. The van der Waals surface area contributed by atoms with Gasteiger partial charge in [-0.1, -0.05) is 87.5 Å². The van der Waals surface area contributed by atoms with Gasteiger partial charge in [-0.2, -0.15) is 0 Å². The second-order valence-corrected chi connectivity index (χ2v) is 12.2. The number of hydrogen-bond acceptors (Lipinski definition) is 6. The monoisotopic (exact) mass is 625 g/mol. The van der Waals surface area contributed by atoms with E-state index >= 15 is 0 Å². The Kier molecular flexibility index (Phi) is 13.5. The Morgan fingerprint density at radius 1 is 0.933 bits per heavy atom. The number of carbonyl (C=O) groups is 1. The second-order valence-electron chi connectivity index (χ2n) is 11.7. The van der Waals surface area contributed by atoms with E-state index in [1.807, 2.05) is 56.4 Å². The number of anilines is 1. The number of hydrogen-bond donors (Lipinski definition) is 4. The van der Waals surface area contributed by atoms with Crippen LogP contribution in [0.3, 0.4) is 0 Å². The third-order valence-corrected chi connectivity index (χ3v) is 7.65. The molecule has 3 N–H and O–H groups in total. The van der Waals surface area contributed by atoms with Crippen LogP contribution in [0.1, 0.15) is 57.2 Å². The third-order valence-electron chi connectivity index (χ3n) is 7.35. The summed E-state index contributed by atoms with van der Waals surface area (Å²) < 4.78 is 5.33. The van der Waals surface area contributed by atoms with Crippen LogP contribution in [0.4, 0.5) is 10.6 Å². The van der Waals surface area contributed by atoms with Crippen LogP contribution < -0.4 is 15.4 Å². The van der Waals surface area contributed by atoms with Crippen molar-refractivity contribution in [3.8, 4) is 17.0 Å². The lowest BCUT2D eigenvalue weighted by Gasteiger charge is -2.22. The number of methoxy groups -OCH3 is 1. The molecule has 2 amide bonds. The Morgan fingerprint density at radius 2 is 1.58 bits per heavy atom. The van der Waals surface area contributed by atoms with Gasteiger partial charge < -0.3 is 15.4 Å². The smallest absolute Gasteiger partial charge is 0.323 e. The van der Waals surface area contributed by atoms with E-state index in [0.29, 0.717) is 36.9 Å². The third kappa shape index (κ3) is 11.0. The first-order valence-electron chi connectivity index (χ1n) is 15.3. The van der Waals surface area contributed by atoms with Gasteiger partial charge in [-0.3, -0.25) is 10.3 Å². The molecule has 1 aromatic heterocycles. The Bertz CT molecular complexity index is 1500. The van der Waals surface area contributed by atoms with E-state index in [0.717, 1.165) is 34.6 Å². The van der Waals surface area contributed by atoms with Gasteiger partial charge in [-0.25, -0.2) is 9.78 Å². The van der Waals surface area contributed by atoms with E-state index in [4.69, 9.17) is 10.1 Å². The van der Waals surface area contributed by atoms with Crippen LogP contribution in [-0.4, -0.2) is 42.5 Å². The average Bonchev–Trinajstić information content (AvgIpc) is 3.04. The van der Waals surface area contributed by atoms with Crippen LogP contribution in [0.5, 0.6) is 5.75 Å². The summed E-state index contributed by atoms with van der Waals surface area (Å²) in [5, 5.41) is 14.5. The molecule has 0 atom stereocenters. The minimum Gasteiger partial charge on any atom is -0.493 e. The fraction of sp³-hybridized carbons (Fsp3) is 0.324. The van der Waals surface area contributed by atoms with Crippen molar-refractivity contribution in [2.45, 2.75) is 63.8 Å². The summed E-state index contributed by atoms with van der Waals surface area (Å²) in [5.41, 5.74) is 5.50. The fourth-order valence-corrected chi connectivity index (χ4v) is 4.84. The summed E-state index contributed by atoms with van der Waals surface area (Å²) >= 11 is 4.08. The largest absolute Gasteiger partial charge is 0.493 e. The van der Waals surface area contributed by atoms with E-state index in [-0.39, 0.29) is 11.4 Å². The highest BCUT2D eigenvalue weighted by Crippen LogP contribution is 2.27. The van der Waals surface area contributed by atoms with E-state index in [1.165, 1.54) is 16.0 Å². The molecule has 4 aromatic rings. The van der Waals surface area contributed by atoms with Crippen molar-refractivity contribution in [3.05, 3.63) is 108 Å². The van der Waals surface area contributed by atoms with Crippen LogP contribution in [0.15, 0.2) is 95.9 Å². The molecule has 0 unspecified atom stereocenters. The van der Waals surface area contributed by atoms with Gasteiger partial charge in [0.25, 0.3) is 0 Å². The maximum Gasteiger partial charge on any atom is 0.323 e. The molecule has 0 aliphatic rings. The first kappa shape index (κ1) is 35.2. The SMILES string of the molecule is CCN(C(=N)CCCc1ccc(-c2ccc(OC)c(NC)n2)cc1)C(=O)NCc1ccc(C(C)(C)C)cc1.Sc1ccccc1. The quantitative estimate of drug-likeness (QED) is 0.0807. The minimum atomic E-state index is -0.227. The van der Waals surface area contributed by atoms with Crippen LogP contribution in [0, 0.1) is 5.41 Å². The second kappa shape index (κ2) is 17.3. The predicted molar refractivity (Wildman–Crippen MR) is 190 cm³/mol. The molecular weight excluding hydrogens is 579 g/mol. The highest BCUT2D eigenvalue weighted by atomic mass is 32.1. The number of amidine groups is 1. The number of thiol groups is 1. The molecule has 3 aromatic carbocycles. The zero-order valence-corrected chi connectivity index (χ0v) is 28.2. The minimum absolute atomic E-state index is 0.0993. The number of carbonyl (C=O) groups excluding carboxylic acids is 1. The molecule has 0 spiro atoms. The van der Waals surface area contributed by atoms with Crippen molar-refractivity contribution in [2.24, 2.45) is 0 Å². The zero-order valence-electron chi connectivity index (χ0n) is 27.4. The van der Waals surface area contributed by atoms with E-state index in [2.05, 4.69) is 97.5 Å². The van der Waals surface area contributed by atoms with E-state index in [9.17, 15) is 4.79 Å². The molecule has 0 bridgehead atoms. The molecule has 0 fully saturated rings. The van der Waals surface area contributed by atoms with E-state index in [1.54, 1.807) is 7.11 Å². The molecule has 8 heteroatoms. The molecular formula is C37H47N5O2S. The number of nitrogens with one attached hydrogen (secondary N) is 3. The predicted octanol–water partition coefficient (Wildman–Crippen LogP) is 8.60. The first-order valence-corrected chi connectivity index (χ1v) is 15.8. The van der Waals surface area contributed by atoms with Gasteiger partial charge in [0.1, 0.15) is 5.84 Å². The number of aromatic nitrogens is 1. The highest BCUT2D eigenvalue weighted by molar-refractivity contribution is 7.80. The van der Waals surface area contributed by atoms with Gasteiger partial charge in [-0.15, -0.1) is 12.6 Å². The molecule has 0 saturated carbocycles. The van der Waals surface area contributed by atoms with Crippen LogP contribution >= 0.6 is 12.6 Å². The van der Waals surface area contributed by atoms with Crippen LogP contribution in [0.2, 0.25) is 0 Å². The summed E-state index contributed by atoms with van der Waals surface area (Å²) in [6.45, 7) is 9.36. The molecule has 0 aliphatic carbocycles. The van der Waals surface area contributed by atoms with Gasteiger partial charge in [0.15, 0.2) is 11.6 Å². The van der Waals surface area contributed by atoms with E-state index < -0.39 is 0 Å². The molecule has 1 heterocycles. The summed E-state index contributed by atoms with van der Waals surface area (Å²) in [5.74, 6) is 1.75. The molecule has 4 rings (SSSR count). The lowest BCUT2D eigenvalue weighted by molar-refractivity contribution is 0.221. The van der Waals surface area contributed by atoms with Crippen LogP contribution in [-0.2, 0) is 18.4 Å². The summed E-state index contributed by atoms with van der Waals surface area (Å²) in [6.07, 6.45) is 2.16. The summed E-state index contributed by atoms with van der Waals surface area (Å²) in [7, 11) is 3.45. The molecule has 7 nitrogen and oxygen atoms in total. The van der Waals surface area contributed by atoms with Crippen LogP contribution in [0.25, 0.3) is 11.3 Å². The molecule has 0 radical (unpaired) electrons. The summed E-state index contributed by atoms with van der Waals surface area (Å²) in [6, 6.07) is 30.1. The number of aryl methyl sites for hydroxylation is 1. The lowest BCUT2D eigenvalue weighted by atomic mass is 9.87. The Labute approximate surface area is 274 Å². The van der Waals surface area contributed by atoms with Crippen molar-refractivity contribution >= 4 is 30.3 Å². The molecule has 0 saturated heterocycles. The first-order chi connectivity index (χ1) is 21.5. The molecule has 0 aliphatic heterocycles. The Balaban J connectivity index is 0.000000693.